The fourth-order valence-electron chi connectivity index (χ4n) is 3.01. The standard InChI is InChI=1S/C23H19FN2O5/c24-17-6-2-4-8-19(17)29-13-22(27)26-18-7-3-1-5-16(18)23(28)25-12-15-9-10-20-21(11-15)31-14-30-20/h1-11H,12-14H2,(H,25,28)(H,26,27). The molecule has 2 N–H and O–H groups in total. The molecule has 3 aromatic rings. The average molecular weight is 422 g/mol. The summed E-state index contributed by atoms with van der Waals surface area (Å²) < 4.78 is 29.4. The number of hydrogen-bond acceptors (Lipinski definition) is 5. The van der Waals surface area contributed by atoms with E-state index in [-0.39, 0.29) is 25.0 Å². The molecule has 0 atom stereocenters. The molecule has 1 aliphatic heterocycles. The van der Waals surface area contributed by atoms with Crippen molar-refractivity contribution in [2.24, 2.45) is 0 Å². The first kappa shape index (κ1) is 20.2. The Bertz CT molecular complexity index is 1120. The van der Waals surface area contributed by atoms with Crippen LogP contribution in [0.1, 0.15) is 15.9 Å². The fourth-order valence-corrected chi connectivity index (χ4v) is 3.01. The molecule has 3 aromatic carbocycles. The van der Waals surface area contributed by atoms with Crippen LogP contribution in [0.15, 0.2) is 66.7 Å². The van der Waals surface area contributed by atoms with Gasteiger partial charge in [0.15, 0.2) is 29.7 Å². The van der Waals surface area contributed by atoms with Crippen molar-refractivity contribution in [1.29, 1.82) is 0 Å². The Morgan fingerprint density at radius 2 is 1.74 bits per heavy atom. The maximum absolute atomic E-state index is 13.6. The van der Waals surface area contributed by atoms with Crippen LogP contribution >= 0.6 is 0 Å². The summed E-state index contributed by atoms with van der Waals surface area (Å²) in [5.74, 6) is -0.149. The number of para-hydroxylation sites is 2. The van der Waals surface area contributed by atoms with Crippen molar-refractivity contribution in [2.75, 3.05) is 18.7 Å². The van der Waals surface area contributed by atoms with Crippen LogP contribution < -0.4 is 24.8 Å². The molecule has 0 spiro atoms. The lowest BCUT2D eigenvalue weighted by Gasteiger charge is -2.12. The molecule has 0 radical (unpaired) electrons. The highest BCUT2D eigenvalue weighted by Gasteiger charge is 2.16. The van der Waals surface area contributed by atoms with Gasteiger partial charge in [-0.15, -0.1) is 0 Å². The number of carbonyl (C=O) groups excluding carboxylic acids is 2. The second kappa shape index (κ2) is 9.17. The lowest BCUT2D eigenvalue weighted by Crippen LogP contribution is -2.26. The van der Waals surface area contributed by atoms with E-state index in [9.17, 15) is 14.0 Å². The van der Waals surface area contributed by atoms with Gasteiger partial charge >= 0.3 is 0 Å². The smallest absolute Gasteiger partial charge is 0.262 e. The topological polar surface area (TPSA) is 85.9 Å². The van der Waals surface area contributed by atoms with Gasteiger partial charge in [0.25, 0.3) is 11.8 Å². The number of carbonyl (C=O) groups is 2. The number of ether oxygens (including phenoxy) is 3. The summed E-state index contributed by atoms with van der Waals surface area (Å²) in [5, 5.41) is 5.45. The molecule has 0 fully saturated rings. The summed E-state index contributed by atoms with van der Waals surface area (Å²) in [4.78, 5) is 24.9. The first-order valence-corrected chi connectivity index (χ1v) is 9.53. The van der Waals surface area contributed by atoms with E-state index < -0.39 is 18.3 Å². The number of halogens is 1. The van der Waals surface area contributed by atoms with E-state index in [1.807, 2.05) is 6.07 Å². The Morgan fingerprint density at radius 1 is 0.968 bits per heavy atom. The van der Waals surface area contributed by atoms with E-state index in [0.29, 0.717) is 22.7 Å². The number of anilines is 1. The third kappa shape index (κ3) is 4.92. The molecule has 0 saturated carbocycles. The Morgan fingerprint density at radius 3 is 2.61 bits per heavy atom. The molecule has 0 bridgehead atoms. The number of hydrogen-bond donors (Lipinski definition) is 2. The summed E-state index contributed by atoms with van der Waals surface area (Å²) in [5.41, 5.74) is 1.47. The van der Waals surface area contributed by atoms with Gasteiger partial charge < -0.3 is 24.8 Å². The van der Waals surface area contributed by atoms with Crippen molar-refractivity contribution in [1.82, 2.24) is 5.32 Å². The minimum Gasteiger partial charge on any atom is -0.481 e. The van der Waals surface area contributed by atoms with Gasteiger partial charge in [-0.3, -0.25) is 9.59 Å². The highest BCUT2D eigenvalue weighted by atomic mass is 19.1. The zero-order chi connectivity index (χ0) is 21.6. The summed E-state index contributed by atoms with van der Waals surface area (Å²) in [7, 11) is 0. The maximum Gasteiger partial charge on any atom is 0.262 e. The maximum atomic E-state index is 13.6. The van der Waals surface area contributed by atoms with Crippen molar-refractivity contribution >= 4 is 17.5 Å². The Balaban J connectivity index is 1.36. The first-order chi connectivity index (χ1) is 15.1. The molecule has 0 saturated heterocycles. The summed E-state index contributed by atoms with van der Waals surface area (Å²) in [6.07, 6.45) is 0. The Hall–Kier alpha value is -4.07. The van der Waals surface area contributed by atoms with Crippen LogP contribution in [-0.4, -0.2) is 25.2 Å². The third-order valence-corrected chi connectivity index (χ3v) is 4.53. The van der Waals surface area contributed by atoms with Gasteiger partial charge in [-0.05, 0) is 42.0 Å². The molecule has 8 heteroatoms. The largest absolute Gasteiger partial charge is 0.481 e. The highest BCUT2D eigenvalue weighted by Crippen LogP contribution is 2.32. The third-order valence-electron chi connectivity index (χ3n) is 4.53. The quantitative estimate of drug-likeness (QED) is 0.609. The van der Waals surface area contributed by atoms with Gasteiger partial charge in [-0.2, -0.15) is 0 Å². The van der Waals surface area contributed by atoms with E-state index in [4.69, 9.17) is 14.2 Å². The molecular weight excluding hydrogens is 403 g/mol. The van der Waals surface area contributed by atoms with E-state index in [2.05, 4.69) is 10.6 Å². The predicted octanol–water partition coefficient (Wildman–Crippen LogP) is 3.50. The molecule has 1 heterocycles. The lowest BCUT2D eigenvalue weighted by atomic mass is 10.1. The normalized spacial score (nSPS) is 11.6. The molecule has 7 nitrogen and oxygen atoms in total. The lowest BCUT2D eigenvalue weighted by molar-refractivity contribution is -0.118. The molecule has 1 aliphatic rings. The molecule has 4 rings (SSSR count). The van der Waals surface area contributed by atoms with Gasteiger partial charge in [0, 0.05) is 6.54 Å². The van der Waals surface area contributed by atoms with E-state index >= 15 is 0 Å². The van der Waals surface area contributed by atoms with Crippen LogP contribution in [0.5, 0.6) is 17.2 Å². The minimum absolute atomic E-state index is 0.0209. The molecule has 2 amide bonds. The van der Waals surface area contributed by atoms with Gasteiger partial charge in [0.05, 0.1) is 11.3 Å². The van der Waals surface area contributed by atoms with Crippen LogP contribution in [0, 0.1) is 5.82 Å². The molecule has 0 aromatic heterocycles. The molecular formula is C23H19FN2O5. The summed E-state index contributed by atoms with van der Waals surface area (Å²) in [6.45, 7) is 0.0566. The van der Waals surface area contributed by atoms with Crippen LogP contribution in [0.4, 0.5) is 10.1 Å². The Kier molecular flexibility index (Phi) is 5.98. The highest BCUT2D eigenvalue weighted by molar-refractivity contribution is 6.04. The van der Waals surface area contributed by atoms with Crippen LogP contribution in [0.3, 0.4) is 0 Å². The monoisotopic (exact) mass is 422 g/mol. The van der Waals surface area contributed by atoms with Crippen molar-refractivity contribution in [2.45, 2.75) is 6.54 Å². The van der Waals surface area contributed by atoms with Gasteiger partial charge in [-0.25, -0.2) is 4.39 Å². The average Bonchev–Trinajstić information content (AvgIpc) is 3.25. The van der Waals surface area contributed by atoms with Crippen molar-refractivity contribution in [3.63, 3.8) is 0 Å². The number of fused-ring (bicyclic) bond motifs is 1. The molecule has 158 valence electrons. The van der Waals surface area contributed by atoms with Crippen molar-refractivity contribution < 1.29 is 28.2 Å². The van der Waals surface area contributed by atoms with Gasteiger partial charge in [0.1, 0.15) is 0 Å². The molecule has 0 unspecified atom stereocenters. The second-order valence-electron chi connectivity index (χ2n) is 6.68. The molecule has 31 heavy (non-hydrogen) atoms. The zero-order valence-electron chi connectivity index (χ0n) is 16.4. The van der Waals surface area contributed by atoms with Crippen molar-refractivity contribution in [3.05, 3.63) is 83.7 Å². The fraction of sp³-hybridized carbons (Fsp3) is 0.130. The SMILES string of the molecule is O=C(COc1ccccc1F)Nc1ccccc1C(=O)NCc1ccc2c(c1)OCO2. The number of nitrogens with one attached hydrogen (secondary N) is 2. The summed E-state index contributed by atoms with van der Waals surface area (Å²) >= 11 is 0. The van der Waals surface area contributed by atoms with Crippen LogP contribution in [0.2, 0.25) is 0 Å². The summed E-state index contributed by atoms with van der Waals surface area (Å²) in [6, 6.07) is 17.8. The Labute approximate surface area is 177 Å². The van der Waals surface area contributed by atoms with Crippen LogP contribution in [-0.2, 0) is 11.3 Å². The predicted molar refractivity (Wildman–Crippen MR) is 111 cm³/mol. The van der Waals surface area contributed by atoms with E-state index in [1.165, 1.54) is 18.2 Å². The minimum atomic E-state index is -0.557. The number of rotatable bonds is 7. The molecule has 0 aliphatic carbocycles. The number of benzene rings is 3. The zero-order valence-corrected chi connectivity index (χ0v) is 16.4. The number of amides is 2. The van der Waals surface area contributed by atoms with Crippen molar-refractivity contribution in [3.8, 4) is 17.2 Å². The van der Waals surface area contributed by atoms with E-state index in [1.54, 1.807) is 42.5 Å². The first-order valence-electron chi connectivity index (χ1n) is 9.53. The van der Waals surface area contributed by atoms with E-state index in [0.717, 1.165) is 5.56 Å². The van der Waals surface area contributed by atoms with Gasteiger partial charge in [-0.1, -0.05) is 30.3 Å². The second-order valence-corrected chi connectivity index (χ2v) is 6.68. The van der Waals surface area contributed by atoms with Gasteiger partial charge in [0.2, 0.25) is 6.79 Å². The van der Waals surface area contributed by atoms with Crippen LogP contribution in [0.25, 0.3) is 0 Å².